The number of nitrogens with one attached hydrogen (secondary N) is 1. The minimum absolute atomic E-state index is 0.0292. The zero-order chi connectivity index (χ0) is 21.3. The Hall–Kier alpha value is -3.11. The summed E-state index contributed by atoms with van der Waals surface area (Å²) < 4.78 is 43.3. The van der Waals surface area contributed by atoms with Gasteiger partial charge in [0.1, 0.15) is 5.52 Å². The Kier molecular flexibility index (Phi) is 5.35. The number of carbonyl (C=O) groups excluding carboxylic acids is 1. The summed E-state index contributed by atoms with van der Waals surface area (Å²) in [4.78, 5) is 16.7. The second-order valence-corrected chi connectivity index (χ2v) is 8.93. The van der Waals surface area contributed by atoms with Gasteiger partial charge in [-0.25, -0.2) is 13.4 Å². The Labute approximate surface area is 173 Å². The van der Waals surface area contributed by atoms with E-state index in [4.69, 9.17) is 13.9 Å². The number of fused-ring (bicyclic) bond motifs is 2. The quantitative estimate of drug-likeness (QED) is 0.661. The minimum Gasteiger partial charge on any atom is -0.490 e. The van der Waals surface area contributed by atoms with Crippen LogP contribution in [0.3, 0.4) is 0 Å². The van der Waals surface area contributed by atoms with Gasteiger partial charge in [-0.15, -0.1) is 0 Å². The molecule has 1 aromatic heterocycles. The summed E-state index contributed by atoms with van der Waals surface area (Å²) in [6, 6.07) is 9.47. The molecular formula is C20H21N3O6S. The third-order valence-electron chi connectivity index (χ3n) is 4.57. The molecule has 1 aliphatic heterocycles. The lowest BCUT2D eigenvalue weighted by molar-refractivity contribution is -0.116. The Morgan fingerprint density at radius 3 is 2.70 bits per heavy atom. The number of amides is 1. The summed E-state index contributed by atoms with van der Waals surface area (Å²) in [7, 11) is -2.54. The standard InChI is InChI=1S/C20H21N3O6S/c1-13-21-16-10-14(4-6-17(16)29-13)22-20(24)12-23(2)30(25,26)15-5-7-18-19(11-15)28-9-3-8-27-18/h4-7,10-11H,3,8-9,12H2,1-2H3,(H,22,24). The predicted molar refractivity (Wildman–Crippen MR) is 109 cm³/mol. The number of rotatable bonds is 5. The summed E-state index contributed by atoms with van der Waals surface area (Å²) in [5, 5.41) is 2.68. The first-order valence-corrected chi connectivity index (χ1v) is 10.8. The summed E-state index contributed by atoms with van der Waals surface area (Å²) >= 11 is 0. The maximum atomic E-state index is 12.9. The van der Waals surface area contributed by atoms with E-state index in [-0.39, 0.29) is 11.4 Å². The van der Waals surface area contributed by atoms with E-state index >= 15 is 0 Å². The second-order valence-electron chi connectivity index (χ2n) is 6.88. The van der Waals surface area contributed by atoms with Gasteiger partial charge in [0, 0.05) is 32.1 Å². The van der Waals surface area contributed by atoms with Gasteiger partial charge >= 0.3 is 0 Å². The number of oxazole rings is 1. The van der Waals surface area contributed by atoms with Crippen LogP contribution in [0.2, 0.25) is 0 Å². The fourth-order valence-corrected chi connectivity index (χ4v) is 4.24. The maximum Gasteiger partial charge on any atom is 0.243 e. The highest BCUT2D eigenvalue weighted by atomic mass is 32.2. The van der Waals surface area contributed by atoms with Crippen LogP contribution in [0.1, 0.15) is 12.3 Å². The molecule has 1 N–H and O–H groups in total. The maximum absolute atomic E-state index is 12.9. The molecule has 2 aromatic carbocycles. The average Bonchev–Trinajstić information content (AvgIpc) is 2.91. The number of benzene rings is 2. The van der Waals surface area contributed by atoms with Gasteiger partial charge in [-0.3, -0.25) is 4.79 Å². The number of sulfonamides is 1. The molecule has 0 bridgehead atoms. The second kappa shape index (κ2) is 7.96. The molecule has 0 atom stereocenters. The Morgan fingerprint density at radius 2 is 1.90 bits per heavy atom. The van der Waals surface area contributed by atoms with Crippen LogP contribution in [-0.2, 0) is 14.8 Å². The van der Waals surface area contributed by atoms with Crippen molar-refractivity contribution >= 4 is 32.7 Å². The van der Waals surface area contributed by atoms with E-state index in [1.165, 1.54) is 19.2 Å². The number of likely N-dealkylation sites (N-methyl/N-ethyl adjacent to an activating group) is 1. The number of aromatic nitrogens is 1. The number of ether oxygens (including phenoxy) is 2. The van der Waals surface area contributed by atoms with E-state index in [0.717, 1.165) is 10.7 Å². The highest BCUT2D eigenvalue weighted by Crippen LogP contribution is 2.32. The molecule has 0 fully saturated rings. The van der Waals surface area contributed by atoms with Crippen molar-refractivity contribution in [2.45, 2.75) is 18.2 Å². The number of anilines is 1. The van der Waals surface area contributed by atoms with Crippen molar-refractivity contribution in [3.05, 3.63) is 42.3 Å². The third kappa shape index (κ3) is 4.10. The van der Waals surface area contributed by atoms with Crippen LogP contribution >= 0.6 is 0 Å². The summed E-state index contributed by atoms with van der Waals surface area (Å²) in [5.41, 5.74) is 1.72. The zero-order valence-electron chi connectivity index (χ0n) is 16.5. The topological polar surface area (TPSA) is 111 Å². The van der Waals surface area contributed by atoms with Crippen molar-refractivity contribution in [2.24, 2.45) is 0 Å². The van der Waals surface area contributed by atoms with Gasteiger partial charge in [-0.05, 0) is 30.3 Å². The highest BCUT2D eigenvalue weighted by molar-refractivity contribution is 7.89. The normalized spacial score (nSPS) is 14.0. The summed E-state index contributed by atoms with van der Waals surface area (Å²) in [6.45, 7) is 2.34. The van der Waals surface area contributed by atoms with Crippen molar-refractivity contribution in [1.82, 2.24) is 9.29 Å². The third-order valence-corrected chi connectivity index (χ3v) is 6.37. The molecule has 1 amide bonds. The fraction of sp³-hybridized carbons (Fsp3) is 0.300. The van der Waals surface area contributed by atoms with Crippen LogP contribution in [0, 0.1) is 6.92 Å². The summed E-state index contributed by atoms with van der Waals surface area (Å²) in [6.07, 6.45) is 0.719. The van der Waals surface area contributed by atoms with E-state index in [9.17, 15) is 13.2 Å². The molecule has 10 heteroatoms. The first-order valence-electron chi connectivity index (χ1n) is 9.36. The molecule has 158 valence electrons. The first-order chi connectivity index (χ1) is 14.3. The SMILES string of the molecule is Cc1nc2cc(NC(=O)CN(C)S(=O)(=O)c3ccc4c(c3)OCCCO4)ccc2o1. The van der Waals surface area contributed by atoms with Crippen molar-refractivity contribution in [3.63, 3.8) is 0 Å². The van der Waals surface area contributed by atoms with Gasteiger partial charge in [0.25, 0.3) is 0 Å². The van der Waals surface area contributed by atoms with Crippen LogP contribution in [0.4, 0.5) is 5.69 Å². The minimum atomic E-state index is -3.89. The predicted octanol–water partition coefficient (Wildman–Crippen LogP) is 2.56. The molecule has 0 unspecified atom stereocenters. The molecule has 0 radical (unpaired) electrons. The molecule has 4 rings (SSSR count). The molecule has 0 saturated heterocycles. The average molecular weight is 431 g/mol. The van der Waals surface area contributed by atoms with Crippen molar-refractivity contribution in [3.8, 4) is 11.5 Å². The van der Waals surface area contributed by atoms with Crippen molar-refractivity contribution in [1.29, 1.82) is 0 Å². The molecule has 3 aromatic rings. The van der Waals surface area contributed by atoms with Gasteiger partial charge in [0.05, 0.1) is 24.7 Å². The smallest absolute Gasteiger partial charge is 0.243 e. The number of hydrogen-bond donors (Lipinski definition) is 1. The van der Waals surface area contributed by atoms with E-state index in [1.807, 2.05) is 0 Å². The lowest BCUT2D eigenvalue weighted by Gasteiger charge is -2.18. The molecule has 0 aliphatic carbocycles. The number of aryl methyl sites for hydroxylation is 1. The lowest BCUT2D eigenvalue weighted by atomic mass is 10.3. The number of nitrogens with zero attached hydrogens (tertiary/aromatic N) is 2. The van der Waals surface area contributed by atoms with E-state index < -0.39 is 15.9 Å². The monoisotopic (exact) mass is 431 g/mol. The Balaban J connectivity index is 1.47. The Morgan fingerprint density at radius 1 is 1.13 bits per heavy atom. The van der Waals surface area contributed by atoms with Crippen LogP contribution in [0.15, 0.2) is 45.7 Å². The summed E-state index contributed by atoms with van der Waals surface area (Å²) in [5.74, 6) is 0.928. The van der Waals surface area contributed by atoms with Crippen LogP contribution in [-0.4, -0.2) is 50.4 Å². The molecule has 30 heavy (non-hydrogen) atoms. The molecule has 0 saturated carbocycles. The van der Waals surface area contributed by atoms with Crippen LogP contribution in [0.25, 0.3) is 11.1 Å². The van der Waals surface area contributed by atoms with Gasteiger partial charge in [0.15, 0.2) is 23.0 Å². The molecule has 1 aliphatic rings. The van der Waals surface area contributed by atoms with Crippen molar-refractivity contribution < 1.29 is 27.1 Å². The van der Waals surface area contributed by atoms with E-state index in [2.05, 4.69) is 10.3 Å². The zero-order valence-corrected chi connectivity index (χ0v) is 17.4. The fourth-order valence-electron chi connectivity index (χ4n) is 3.09. The molecule has 9 nitrogen and oxygen atoms in total. The van der Waals surface area contributed by atoms with Crippen LogP contribution in [0.5, 0.6) is 11.5 Å². The van der Waals surface area contributed by atoms with Gasteiger partial charge < -0.3 is 19.2 Å². The largest absolute Gasteiger partial charge is 0.490 e. The van der Waals surface area contributed by atoms with Crippen LogP contribution < -0.4 is 14.8 Å². The van der Waals surface area contributed by atoms with Gasteiger partial charge in [-0.2, -0.15) is 4.31 Å². The molecule has 0 spiro atoms. The van der Waals surface area contributed by atoms with E-state index in [0.29, 0.717) is 47.4 Å². The molecule has 2 heterocycles. The lowest BCUT2D eigenvalue weighted by Crippen LogP contribution is -2.35. The Bertz CT molecular complexity index is 1200. The first kappa shape index (κ1) is 20.2. The van der Waals surface area contributed by atoms with Crippen molar-refractivity contribution in [2.75, 3.05) is 32.1 Å². The number of hydrogen-bond acceptors (Lipinski definition) is 7. The van der Waals surface area contributed by atoms with E-state index in [1.54, 1.807) is 31.2 Å². The van der Waals surface area contributed by atoms with Gasteiger partial charge in [-0.1, -0.05) is 0 Å². The molecular weight excluding hydrogens is 410 g/mol. The highest BCUT2D eigenvalue weighted by Gasteiger charge is 2.25. The number of carbonyl (C=O) groups is 1. The van der Waals surface area contributed by atoms with Gasteiger partial charge in [0.2, 0.25) is 15.9 Å².